The Morgan fingerprint density at radius 2 is 1.71 bits per heavy atom. The highest BCUT2D eigenvalue weighted by molar-refractivity contribution is 9.08. The van der Waals surface area contributed by atoms with Crippen molar-refractivity contribution in [3.63, 3.8) is 0 Å². The van der Waals surface area contributed by atoms with E-state index in [0.29, 0.717) is 27.0 Å². The van der Waals surface area contributed by atoms with Crippen molar-refractivity contribution < 1.29 is 4.74 Å². The van der Waals surface area contributed by atoms with E-state index < -0.39 is 0 Å². The molecule has 0 spiro atoms. The Bertz CT molecular complexity index is 787. The van der Waals surface area contributed by atoms with Gasteiger partial charge in [0.1, 0.15) is 5.75 Å². The van der Waals surface area contributed by atoms with Gasteiger partial charge in [-0.15, -0.1) is 0 Å². The first-order valence-electron chi connectivity index (χ1n) is 6.24. The molecule has 0 bridgehead atoms. The SMILES string of the molecule is Clc1cc(Cl)cc(Oc2nc3ccccc3cc2CBr)c1. The second-order valence-corrected chi connectivity index (χ2v) is 5.92. The van der Waals surface area contributed by atoms with Crippen molar-refractivity contribution in [3.05, 3.63) is 64.1 Å². The predicted molar refractivity (Wildman–Crippen MR) is 90.9 cm³/mol. The number of rotatable bonds is 3. The van der Waals surface area contributed by atoms with E-state index in [-0.39, 0.29) is 0 Å². The number of hydrogen-bond donors (Lipinski definition) is 0. The summed E-state index contributed by atoms with van der Waals surface area (Å²) in [5.41, 5.74) is 1.84. The first-order valence-corrected chi connectivity index (χ1v) is 8.12. The summed E-state index contributed by atoms with van der Waals surface area (Å²) in [5.74, 6) is 1.11. The Morgan fingerprint density at radius 3 is 2.43 bits per heavy atom. The van der Waals surface area contributed by atoms with Crippen LogP contribution >= 0.6 is 39.1 Å². The highest BCUT2D eigenvalue weighted by Gasteiger charge is 2.09. The highest BCUT2D eigenvalue weighted by atomic mass is 79.9. The lowest BCUT2D eigenvalue weighted by Gasteiger charge is -2.10. The third-order valence-corrected chi connectivity index (χ3v) is 4.00. The molecule has 0 aliphatic heterocycles. The molecular formula is C16H10BrCl2NO. The third kappa shape index (κ3) is 3.31. The van der Waals surface area contributed by atoms with Crippen LogP contribution in [-0.4, -0.2) is 4.98 Å². The van der Waals surface area contributed by atoms with Crippen molar-refractivity contribution in [1.82, 2.24) is 4.98 Å². The summed E-state index contributed by atoms with van der Waals surface area (Å²) in [4.78, 5) is 4.56. The Balaban J connectivity index is 2.06. The van der Waals surface area contributed by atoms with Crippen molar-refractivity contribution in [2.45, 2.75) is 5.33 Å². The number of para-hydroxylation sites is 1. The monoisotopic (exact) mass is 381 g/mol. The molecule has 0 radical (unpaired) electrons. The second kappa shape index (κ2) is 6.22. The fraction of sp³-hybridized carbons (Fsp3) is 0.0625. The van der Waals surface area contributed by atoms with Crippen LogP contribution in [0.5, 0.6) is 11.6 Å². The fourth-order valence-corrected chi connectivity index (χ4v) is 2.93. The standard InChI is InChI=1S/C16H10BrCl2NO/c17-9-11-5-10-3-1-2-4-15(10)20-16(11)21-14-7-12(18)6-13(19)8-14/h1-8H,9H2. The average molecular weight is 383 g/mol. The molecule has 5 heteroatoms. The number of benzene rings is 2. The molecule has 0 fully saturated rings. The molecule has 0 N–H and O–H groups in total. The van der Waals surface area contributed by atoms with Crippen LogP contribution in [0.4, 0.5) is 0 Å². The summed E-state index contributed by atoms with van der Waals surface area (Å²) in [6, 6.07) is 15.0. The number of pyridine rings is 1. The molecule has 0 saturated carbocycles. The summed E-state index contributed by atoms with van der Waals surface area (Å²) in [6.45, 7) is 0. The van der Waals surface area contributed by atoms with Crippen LogP contribution in [0.3, 0.4) is 0 Å². The molecule has 0 amide bonds. The molecule has 1 aromatic heterocycles. The van der Waals surface area contributed by atoms with Gasteiger partial charge in [-0.2, -0.15) is 0 Å². The molecule has 2 nitrogen and oxygen atoms in total. The van der Waals surface area contributed by atoms with E-state index in [4.69, 9.17) is 27.9 Å². The van der Waals surface area contributed by atoms with Crippen LogP contribution in [0.25, 0.3) is 10.9 Å². The van der Waals surface area contributed by atoms with Gasteiger partial charge in [-0.05, 0) is 30.3 Å². The minimum Gasteiger partial charge on any atom is -0.439 e. The zero-order valence-corrected chi connectivity index (χ0v) is 13.9. The van der Waals surface area contributed by atoms with E-state index >= 15 is 0 Å². The summed E-state index contributed by atoms with van der Waals surface area (Å²) in [6.07, 6.45) is 0. The number of alkyl halides is 1. The van der Waals surface area contributed by atoms with Gasteiger partial charge in [0.05, 0.1) is 5.52 Å². The van der Waals surface area contributed by atoms with Crippen molar-refractivity contribution in [1.29, 1.82) is 0 Å². The van der Waals surface area contributed by atoms with Gasteiger partial charge in [0.2, 0.25) is 5.88 Å². The summed E-state index contributed by atoms with van der Waals surface area (Å²) < 4.78 is 5.86. The summed E-state index contributed by atoms with van der Waals surface area (Å²) in [5, 5.41) is 2.77. The van der Waals surface area contributed by atoms with E-state index in [1.165, 1.54) is 0 Å². The van der Waals surface area contributed by atoms with Gasteiger partial charge in [-0.3, -0.25) is 0 Å². The van der Waals surface area contributed by atoms with Crippen molar-refractivity contribution in [3.8, 4) is 11.6 Å². The van der Waals surface area contributed by atoms with E-state index in [1.54, 1.807) is 18.2 Å². The van der Waals surface area contributed by atoms with Crippen molar-refractivity contribution in [2.24, 2.45) is 0 Å². The molecule has 0 aliphatic carbocycles. The lowest BCUT2D eigenvalue weighted by molar-refractivity contribution is 0.461. The third-order valence-electron chi connectivity index (χ3n) is 2.96. The molecule has 2 aromatic carbocycles. The molecule has 0 atom stereocenters. The number of nitrogens with zero attached hydrogens (tertiary/aromatic N) is 1. The number of aromatic nitrogens is 1. The fourth-order valence-electron chi connectivity index (χ4n) is 2.03. The maximum atomic E-state index is 5.99. The zero-order valence-electron chi connectivity index (χ0n) is 10.8. The lowest BCUT2D eigenvalue weighted by atomic mass is 10.2. The maximum Gasteiger partial charge on any atom is 0.223 e. The van der Waals surface area contributed by atoms with Gasteiger partial charge in [0, 0.05) is 26.3 Å². The Morgan fingerprint density at radius 1 is 1.00 bits per heavy atom. The van der Waals surface area contributed by atoms with Gasteiger partial charge in [-0.1, -0.05) is 57.3 Å². The minimum atomic E-state index is 0.527. The molecule has 106 valence electrons. The molecule has 1 heterocycles. The Hall–Kier alpha value is -1.29. The molecular weight excluding hydrogens is 373 g/mol. The van der Waals surface area contributed by atoms with Crippen LogP contribution in [0.2, 0.25) is 10.0 Å². The largest absolute Gasteiger partial charge is 0.439 e. The van der Waals surface area contributed by atoms with Gasteiger partial charge in [-0.25, -0.2) is 4.98 Å². The first-order chi connectivity index (χ1) is 10.2. The molecule has 21 heavy (non-hydrogen) atoms. The zero-order chi connectivity index (χ0) is 14.8. The van der Waals surface area contributed by atoms with Crippen LogP contribution in [0.1, 0.15) is 5.56 Å². The summed E-state index contributed by atoms with van der Waals surface area (Å²) in [7, 11) is 0. The van der Waals surface area contributed by atoms with Crippen LogP contribution in [-0.2, 0) is 5.33 Å². The lowest BCUT2D eigenvalue weighted by Crippen LogP contribution is -1.94. The highest BCUT2D eigenvalue weighted by Crippen LogP contribution is 2.31. The normalized spacial score (nSPS) is 10.8. The van der Waals surface area contributed by atoms with Crippen molar-refractivity contribution in [2.75, 3.05) is 0 Å². The van der Waals surface area contributed by atoms with E-state index in [1.807, 2.05) is 24.3 Å². The summed E-state index contributed by atoms with van der Waals surface area (Å²) >= 11 is 15.4. The maximum absolute atomic E-state index is 5.99. The number of hydrogen-bond acceptors (Lipinski definition) is 2. The van der Waals surface area contributed by atoms with E-state index in [9.17, 15) is 0 Å². The number of ether oxygens (including phenoxy) is 1. The van der Waals surface area contributed by atoms with E-state index in [0.717, 1.165) is 16.5 Å². The molecule has 3 aromatic rings. The average Bonchev–Trinajstić information content (AvgIpc) is 2.45. The minimum absolute atomic E-state index is 0.527. The number of halogens is 3. The quantitative estimate of drug-likeness (QED) is 0.501. The van der Waals surface area contributed by atoms with Crippen LogP contribution in [0, 0.1) is 0 Å². The van der Waals surface area contributed by atoms with Crippen LogP contribution in [0.15, 0.2) is 48.5 Å². The Kier molecular flexibility index (Phi) is 4.34. The van der Waals surface area contributed by atoms with Gasteiger partial charge >= 0.3 is 0 Å². The Labute approximate surface area is 140 Å². The molecule has 3 rings (SSSR count). The molecule has 0 unspecified atom stereocenters. The molecule has 0 saturated heterocycles. The van der Waals surface area contributed by atoms with Crippen molar-refractivity contribution >= 4 is 50.0 Å². The smallest absolute Gasteiger partial charge is 0.223 e. The predicted octanol–water partition coefficient (Wildman–Crippen LogP) is 6.23. The first kappa shape index (κ1) is 14.6. The van der Waals surface area contributed by atoms with E-state index in [2.05, 4.69) is 27.0 Å². The number of fused-ring (bicyclic) bond motifs is 1. The molecule has 0 aliphatic rings. The van der Waals surface area contributed by atoms with Gasteiger partial charge < -0.3 is 4.74 Å². The van der Waals surface area contributed by atoms with Gasteiger partial charge in [0.15, 0.2) is 0 Å². The van der Waals surface area contributed by atoms with Crippen LogP contribution < -0.4 is 4.74 Å². The second-order valence-electron chi connectivity index (χ2n) is 4.49. The van der Waals surface area contributed by atoms with Gasteiger partial charge in [0.25, 0.3) is 0 Å². The topological polar surface area (TPSA) is 22.1 Å².